The summed E-state index contributed by atoms with van der Waals surface area (Å²) in [7, 11) is 0. The summed E-state index contributed by atoms with van der Waals surface area (Å²) in [5.74, 6) is 1.23. The Morgan fingerprint density at radius 1 is 1.15 bits per heavy atom. The monoisotopic (exact) mass is 346 g/mol. The molecule has 5 nitrogen and oxygen atoms in total. The Bertz CT molecular complexity index is 959. The number of aryl methyl sites for hydroxylation is 1. The van der Waals surface area contributed by atoms with Gasteiger partial charge in [0.1, 0.15) is 5.82 Å². The zero-order valence-corrected chi connectivity index (χ0v) is 14.9. The van der Waals surface area contributed by atoms with Crippen LogP contribution < -0.4 is 0 Å². The number of aromatic nitrogens is 3. The van der Waals surface area contributed by atoms with E-state index in [2.05, 4.69) is 23.2 Å². The molecule has 1 atom stereocenters. The number of nitrogens with zero attached hydrogens (tertiary/aromatic N) is 4. The van der Waals surface area contributed by atoms with Crippen molar-refractivity contribution in [2.24, 2.45) is 0 Å². The molecule has 0 saturated carbocycles. The molecule has 0 N–H and O–H groups in total. The lowest BCUT2D eigenvalue weighted by atomic mass is 9.97. The molecule has 1 fully saturated rings. The normalized spacial score (nSPS) is 17.9. The smallest absolute Gasteiger partial charge is 0.246 e. The van der Waals surface area contributed by atoms with Crippen LogP contribution in [0.2, 0.25) is 0 Å². The topological polar surface area (TPSA) is 50.5 Å². The predicted molar refractivity (Wildman–Crippen MR) is 102 cm³/mol. The Morgan fingerprint density at radius 2 is 2.00 bits per heavy atom. The fourth-order valence-electron chi connectivity index (χ4n) is 3.57. The fraction of sp³-hybridized carbons (Fsp3) is 0.286. The Balaban J connectivity index is 1.50. The first-order valence-corrected chi connectivity index (χ1v) is 9.04. The van der Waals surface area contributed by atoms with Gasteiger partial charge in [-0.25, -0.2) is 0 Å². The van der Waals surface area contributed by atoms with E-state index in [0.29, 0.717) is 6.54 Å². The lowest BCUT2D eigenvalue weighted by Gasteiger charge is -2.31. The molecule has 0 aliphatic carbocycles. The van der Waals surface area contributed by atoms with Crippen LogP contribution in [0.3, 0.4) is 0 Å². The van der Waals surface area contributed by atoms with E-state index in [1.165, 1.54) is 5.56 Å². The second-order valence-corrected chi connectivity index (χ2v) is 6.80. The number of carbonyl (C=O) groups is 1. The molecule has 26 heavy (non-hydrogen) atoms. The molecule has 132 valence electrons. The number of benzene rings is 1. The van der Waals surface area contributed by atoms with E-state index < -0.39 is 0 Å². The van der Waals surface area contributed by atoms with Crippen molar-refractivity contribution in [2.45, 2.75) is 25.7 Å². The molecule has 5 heteroatoms. The second kappa shape index (κ2) is 7.12. The van der Waals surface area contributed by atoms with Gasteiger partial charge >= 0.3 is 0 Å². The lowest BCUT2D eigenvalue weighted by molar-refractivity contribution is -0.127. The highest BCUT2D eigenvalue weighted by molar-refractivity contribution is 5.92. The summed E-state index contributed by atoms with van der Waals surface area (Å²) in [6.45, 7) is 3.54. The molecule has 0 spiro atoms. The van der Waals surface area contributed by atoms with Gasteiger partial charge in [-0.05, 0) is 49.1 Å². The molecule has 2 aromatic heterocycles. The standard InChI is InChI=1S/C21H22N4O/c1-16-7-2-3-8-17(16)11-12-20(26)24-13-6-9-18(15-24)21-23-22-19-10-4-5-14-25(19)21/h2-5,7-8,10-12,14,18H,6,9,13,15H2,1H3/b12-11+/t18-/m1/s1. The minimum absolute atomic E-state index is 0.0618. The zero-order valence-electron chi connectivity index (χ0n) is 14.9. The van der Waals surface area contributed by atoms with Crippen molar-refractivity contribution in [3.63, 3.8) is 0 Å². The molecule has 1 aliphatic rings. The van der Waals surface area contributed by atoms with Crippen LogP contribution in [0.4, 0.5) is 0 Å². The molecule has 1 amide bonds. The highest BCUT2D eigenvalue weighted by atomic mass is 16.2. The minimum atomic E-state index is 0.0618. The fourth-order valence-corrected chi connectivity index (χ4v) is 3.57. The van der Waals surface area contributed by atoms with E-state index in [0.717, 1.165) is 36.4 Å². The molecule has 0 radical (unpaired) electrons. The maximum atomic E-state index is 12.7. The van der Waals surface area contributed by atoms with Gasteiger partial charge in [-0.3, -0.25) is 9.20 Å². The molecule has 3 heterocycles. The molecule has 0 bridgehead atoms. The maximum Gasteiger partial charge on any atom is 0.246 e. The predicted octanol–water partition coefficient (Wildman–Crippen LogP) is 3.46. The van der Waals surface area contributed by atoms with Crippen LogP contribution in [0, 0.1) is 6.92 Å². The van der Waals surface area contributed by atoms with Crippen molar-refractivity contribution in [3.8, 4) is 0 Å². The van der Waals surface area contributed by atoms with Crippen molar-refractivity contribution in [1.82, 2.24) is 19.5 Å². The van der Waals surface area contributed by atoms with E-state index in [1.54, 1.807) is 6.08 Å². The molecule has 1 saturated heterocycles. The highest BCUT2D eigenvalue weighted by Gasteiger charge is 2.26. The summed E-state index contributed by atoms with van der Waals surface area (Å²) in [6, 6.07) is 14.0. The van der Waals surface area contributed by atoms with Crippen molar-refractivity contribution < 1.29 is 4.79 Å². The number of carbonyl (C=O) groups excluding carboxylic acids is 1. The highest BCUT2D eigenvalue weighted by Crippen LogP contribution is 2.26. The van der Waals surface area contributed by atoms with Crippen LogP contribution in [0.15, 0.2) is 54.7 Å². The van der Waals surface area contributed by atoms with Crippen molar-refractivity contribution in [1.29, 1.82) is 0 Å². The van der Waals surface area contributed by atoms with E-state index in [9.17, 15) is 4.79 Å². The number of likely N-dealkylation sites (tertiary alicyclic amines) is 1. The van der Waals surface area contributed by atoms with E-state index in [4.69, 9.17) is 0 Å². The number of amides is 1. The minimum Gasteiger partial charge on any atom is -0.338 e. The number of rotatable bonds is 3. The van der Waals surface area contributed by atoms with Gasteiger partial charge in [0.15, 0.2) is 5.65 Å². The third kappa shape index (κ3) is 3.25. The number of piperidine rings is 1. The van der Waals surface area contributed by atoms with Gasteiger partial charge < -0.3 is 4.90 Å². The van der Waals surface area contributed by atoms with E-state index in [-0.39, 0.29) is 11.8 Å². The Labute approximate surface area is 153 Å². The van der Waals surface area contributed by atoms with Crippen LogP contribution in [-0.2, 0) is 4.79 Å². The quantitative estimate of drug-likeness (QED) is 0.683. The first kappa shape index (κ1) is 16.5. The Kier molecular flexibility index (Phi) is 4.52. The summed E-state index contributed by atoms with van der Waals surface area (Å²) in [5.41, 5.74) is 3.10. The maximum absolute atomic E-state index is 12.7. The van der Waals surface area contributed by atoms with Crippen LogP contribution in [-0.4, -0.2) is 38.5 Å². The number of hydrogen-bond acceptors (Lipinski definition) is 3. The van der Waals surface area contributed by atoms with Crippen molar-refractivity contribution >= 4 is 17.6 Å². The molecule has 4 rings (SSSR count). The Morgan fingerprint density at radius 3 is 2.88 bits per heavy atom. The van der Waals surface area contributed by atoms with Crippen LogP contribution in [0.1, 0.15) is 35.7 Å². The first-order chi connectivity index (χ1) is 12.7. The molecular formula is C21H22N4O. The number of hydrogen-bond donors (Lipinski definition) is 0. The van der Waals surface area contributed by atoms with Crippen molar-refractivity contribution in [3.05, 3.63) is 71.7 Å². The first-order valence-electron chi connectivity index (χ1n) is 9.04. The van der Waals surface area contributed by atoms with Gasteiger partial charge in [-0.2, -0.15) is 0 Å². The number of pyridine rings is 1. The van der Waals surface area contributed by atoms with Gasteiger partial charge in [0.25, 0.3) is 0 Å². The average Bonchev–Trinajstić information content (AvgIpc) is 3.11. The molecular weight excluding hydrogens is 324 g/mol. The van der Waals surface area contributed by atoms with Gasteiger partial charge in [0, 0.05) is 31.3 Å². The average molecular weight is 346 g/mol. The largest absolute Gasteiger partial charge is 0.338 e. The molecule has 1 aliphatic heterocycles. The summed E-state index contributed by atoms with van der Waals surface area (Å²) in [5, 5.41) is 8.62. The summed E-state index contributed by atoms with van der Waals surface area (Å²) in [4.78, 5) is 14.6. The van der Waals surface area contributed by atoms with E-state index >= 15 is 0 Å². The van der Waals surface area contributed by atoms with Crippen molar-refractivity contribution in [2.75, 3.05) is 13.1 Å². The molecule has 0 unspecified atom stereocenters. The van der Waals surface area contributed by atoms with Gasteiger partial charge in [0.05, 0.1) is 0 Å². The Hall–Kier alpha value is -2.95. The van der Waals surface area contributed by atoms with Gasteiger partial charge in [-0.1, -0.05) is 30.3 Å². The molecule has 1 aromatic carbocycles. The molecule has 3 aromatic rings. The third-order valence-corrected chi connectivity index (χ3v) is 5.03. The van der Waals surface area contributed by atoms with Crippen LogP contribution >= 0.6 is 0 Å². The van der Waals surface area contributed by atoms with Gasteiger partial charge in [-0.15, -0.1) is 10.2 Å². The van der Waals surface area contributed by atoms with Crippen LogP contribution in [0.25, 0.3) is 11.7 Å². The SMILES string of the molecule is Cc1ccccc1/C=C/C(=O)N1CCC[C@@H](c2nnc3ccccn23)C1. The summed E-state index contributed by atoms with van der Waals surface area (Å²) >= 11 is 0. The van der Waals surface area contributed by atoms with E-state index in [1.807, 2.05) is 58.0 Å². The van der Waals surface area contributed by atoms with Crippen LogP contribution in [0.5, 0.6) is 0 Å². The third-order valence-electron chi connectivity index (χ3n) is 5.03. The summed E-state index contributed by atoms with van der Waals surface area (Å²) in [6.07, 6.45) is 7.60. The summed E-state index contributed by atoms with van der Waals surface area (Å²) < 4.78 is 2.03. The second-order valence-electron chi connectivity index (χ2n) is 6.80. The zero-order chi connectivity index (χ0) is 17.9. The number of fused-ring (bicyclic) bond motifs is 1. The van der Waals surface area contributed by atoms with Gasteiger partial charge in [0.2, 0.25) is 5.91 Å². The lowest BCUT2D eigenvalue weighted by Crippen LogP contribution is -2.38.